The number of hydrogen-bond donors (Lipinski definition) is 0. The van der Waals surface area contributed by atoms with Gasteiger partial charge in [-0.05, 0) is 35.2 Å². The van der Waals surface area contributed by atoms with Crippen LogP contribution in [0.1, 0.15) is 42.5 Å². The Morgan fingerprint density at radius 2 is 1.91 bits per heavy atom. The number of azide groups is 1. The Morgan fingerprint density at radius 1 is 1.27 bits per heavy atom. The molecular weight excluding hydrogens is 321 g/mol. The van der Waals surface area contributed by atoms with Crippen LogP contribution in [0.5, 0.6) is 0 Å². The van der Waals surface area contributed by atoms with Crippen molar-refractivity contribution in [2.45, 2.75) is 32.7 Å². The molecule has 0 bridgehead atoms. The van der Waals surface area contributed by atoms with Crippen LogP contribution in [0.15, 0.2) is 23.3 Å². The van der Waals surface area contributed by atoms with Crippen molar-refractivity contribution in [1.82, 2.24) is 9.55 Å². The van der Waals surface area contributed by atoms with Crippen LogP contribution >= 0.6 is 23.2 Å². The standard InChI is InChI=1S/C15H17Cl2N5/c1-9(2)15-13(22(3)14(20-15)8-19-21-18)6-10-4-11(16)7-12(17)5-10/h4-5,7,9H,6,8H2,1-3H3. The molecule has 0 amide bonds. The van der Waals surface area contributed by atoms with Crippen molar-refractivity contribution in [2.75, 3.05) is 0 Å². The highest BCUT2D eigenvalue weighted by molar-refractivity contribution is 6.34. The quantitative estimate of drug-likeness (QED) is 0.417. The molecule has 0 atom stereocenters. The molecule has 2 rings (SSSR count). The van der Waals surface area contributed by atoms with Gasteiger partial charge in [-0.15, -0.1) is 0 Å². The van der Waals surface area contributed by atoms with Gasteiger partial charge in [-0.25, -0.2) is 4.98 Å². The maximum atomic E-state index is 8.49. The van der Waals surface area contributed by atoms with Crippen LogP contribution in [0.25, 0.3) is 10.4 Å². The molecule has 0 saturated heterocycles. The van der Waals surface area contributed by atoms with Gasteiger partial charge in [0.25, 0.3) is 0 Å². The lowest BCUT2D eigenvalue weighted by Gasteiger charge is -2.10. The van der Waals surface area contributed by atoms with Gasteiger partial charge in [0.05, 0.1) is 12.2 Å². The van der Waals surface area contributed by atoms with Crippen LogP contribution in [-0.2, 0) is 20.0 Å². The summed E-state index contributed by atoms with van der Waals surface area (Å²) in [5.74, 6) is 1.03. The van der Waals surface area contributed by atoms with Crippen molar-refractivity contribution >= 4 is 23.2 Å². The van der Waals surface area contributed by atoms with Gasteiger partial charge in [-0.3, -0.25) is 0 Å². The molecule has 0 N–H and O–H groups in total. The summed E-state index contributed by atoms with van der Waals surface area (Å²) in [5.41, 5.74) is 11.6. The van der Waals surface area contributed by atoms with Crippen LogP contribution < -0.4 is 0 Å². The third kappa shape index (κ3) is 3.74. The highest BCUT2D eigenvalue weighted by Gasteiger charge is 2.17. The first kappa shape index (κ1) is 16.7. The van der Waals surface area contributed by atoms with Gasteiger partial charge in [-0.2, -0.15) is 0 Å². The van der Waals surface area contributed by atoms with Crippen molar-refractivity contribution in [2.24, 2.45) is 12.2 Å². The second kappa shape index (κ2) is 7.05. The summed E-state index contributed by atoms with van der Waals surface area (Å²) in [4.78, 5) is 7.42. The normalized spacial score (nSPS) is 10.8. The first-order valence-electron chi connectivity index (χ1n) is 6.92. The van der Waals surface area contributed by atoms with E-state index in [1.165, 1.54) is 0 Å². The maximum Gasteiger partial charge on any atom is 0.114 e. The number of benzene rings is 1. The fourth-order valence-corrected chi connectivity index (χ4v) is 2.99. The smallest absolute Gasteiger partial charge is 0.114 e. The highest BCUT2D eigenvalue weighted by atomic mass is 35.5. The van der Waals surface area contributed by atoms with Crippen LogP contribution in [0.3, 0.4) is 0 Å². The lowest BCUT2D eigenvalue weighted by Crippen LogP contribution is -2.04. The van der Waals surface area contributed by atoms with E-state index in [1.807, 2.05) is 23.7 Å². The van der Waals surface area contributed by atoms with Crippen molar-refractivity contribution in [3.8, 4) is 0 Å². The molecule has 0 fully saturated rings. The molecule has 2 aromatic rings. The van der Waals surface area contributed by atoms with E-state index in [0.29, 0.717) is 16.5 Å². The molecule has 1 aromatic heterocycles. The molecule has 0 saturated carbocycles. The fraction of sp³-hybridized carbons (Fsp3) is 0.400. The third-order valence-electron chi connectivity index (χ3n) is 3.45. The molecule has 7 heteroatoms. The summed E-state index contributed by atoms with van der Waals surface area (Å²) < 4.78 is 1.98. The Labute approximate surface area is 139 Å². The number of imidazole rings is 1. The molecule has 0 aliphatic heterocycles. The monoisotopic (exact) mass is 337 g/mol. The Kier molecular flexibility index (Phi) is 5.35. The van der Waals surface area contributed by atoms with Gasteiger partial charge in [-0.1, -0.05) is 42.2 Å². The number of hydrogen-bond acceptors (Lipinski definition) is 2. The van der Waals surface area contributed by atoms with Gasteiger partial charge in [0, 0.05) is 34.1 Å². The summed E-state index contributed by atoms with van der Waals surface area (Å²) in [6.45, 7) is 4.42. The van der Waals surface area contributed by atoms with Gasteiger partial charge in [0.2, 0.25) is 0 Å². The van der Waals surface area contributed by atoms with E-state index in [9.17, 15) is 0 Å². The number of halogens is 2. The maximum absolute atomic E-state index is 8.49. The Balaban J connectivity index is 2.44. The van der Waals surface area contributed by atoms with Crippen molar-refractivity contribution < 1.29 is 0 Å². The lowest BCUT2D eigenvalue weighted by molar-refractivity contribution is 0.755. The predicted molar refractivity (Wildman–Crippen MR) is 89.4 cm³/mol. The molecule has 5 nitrogen and oxygen atoms in total. The second-order valence-corrected chi connectivity index (χ2v) is 6.29. The Morgan fingerprint density at radius 3 is 2.45 bits per heavy atom. The third-order valence-corrected chi connectivity index (χ3v) is 3.89. The summed E-state index contributed by atoms with van der Waals surface area (Å²) in [6, 6.07) is 5.52. The van der Waals surface area contributed by atoms with Gasteiger partial charge in [0.15, 0.2) is 0 Å². The predicted octanol–water partition coefficient (Wildman–Crippen LogP) is 5.25. The molecule has 0 spiro atoms. The van der Waals surface area contributed by atoms with Gasteiger partial charge in [0.1, 0.15) is 5.82 Å². The molecular formula is C15H17Cl2N5. The summed E-state index contributed by atoms with van der Waals surface area (Å²) in [5, 5.41) is 4.84. The zero-order valence-corrected chi connectivity index (χ0v) is 14.2. The van der Waals surface area contributed by atoms with E-state index in [0.717, 1.165) is 22.8 Å². The molecule has 0 radical (unpaired) electrons. The van der Waals surface area contributed by atoms with E-state index in [-0.39, 0.29) is 12.5 Å². The second-order valence-electron chi connectivity index (χ2n) is 5.42. The van der Waals surface area contributed by atoms with Gasteiger partial charge >= 0.3 is 0 Å². The highest BCUT2D eigenvalue weighted by Crippen LogP contribution is 2.26. The lowest BCUT2D eigenvalue weighted by atomic mass is 10.0. The fourth-order valence-electron chi connectivity index (χ4n) is 2.42. The molecule has 1 heterocycles. The topological polar surface area (TPSA) is 66.6 Å². The van der Waals surface area contributed by atoms with Crippen LogP contribution in [0, 0.1) is 0 Å². The molecule has 0 aliphatic rings. The van der Waals surface area contributed by atoms with E-state index >= 15 is 0 Å². The molecule has 116 valence electrons. The van der Waals surface area contributed by atoms with E-state index in [2.05, 4.69) is 28.9 Å². The van der Waals surface area contributed by atoms with E-state index in [1.54, 1.807) is 6.07 Å². The van der Waals surface area contributed by atoms with E-state index < -0.39 is 0 Å². The van der Waals surface area contributed by atoms with Gasteiger partial charge < -0.3 is 4.57 Å². The van der Waals surface area contributed by atoms with Crippen molar-refractivity contribution in [1.29, 1.82) is 0 Å². The summed E-state index contributed by atoms with van der Waals surface area (Å²) in [7, 11) is 1.93. The first-order chi connectivity index (χ1) is 10.4. The Hall–Kier alpha value is -1.68. The number of nitrogens with zero attached hydrogens (tertiary/aromatic N) is 5. The zero-order valence-electron chi connectivity index (χ0n) is 12.7. The molecule has 0 aliphatic carbocycles. The zero-order chi connectivity index (χ0) is 16.3. The average molecular weight is 338 g/mol. The SMILES string of the molecule is CC(C)c1nc(CN=[N+]=[N-])n(C)c1Cc1cc(Cl)cc(Cl)c1. The van der Waals surface area contributed by atoms with Crippen LogP contribution in [0.2, 0.25) is 10.0 Å². The van der Waals surface area contributed by atoms with E-state index in [4.69, 9.17) is 28.7 Å². The van der Waals surface area contributed by atoms with Crippen LogP contribution in [0.4, 0.5) is 0 Å². The molecule has 0 unspecified atom stereocenters. The molecule has 22 heavy (non-hydrogen) atoms. The minimum Gasteiger partial charge on any atom is -0.334 e. The summed E-state index contributed by atoms with van der Waals surface area (Å²) >= 11 is 12.1. The largest absolute Gasteiger partial charge is 0.334 e. The number of aromatic nitrogens is 2. The average Bonchev–Trinajstić information content (AvgIpc) is 2.73. The van der Waals surface area contributed by atoms with Crippen molar-refractivity contribution in [3.63, 3.8) is 0 Å². The Bertz CT molecular complexity index is 710. The van der Waals surface area contributed by atoms with Crippen molar-refractivity contribution in [3.05, 3.63) is 61.5 Å². The minimum atomic E-state index is 0.239. The summed E-state index contributed by atoms with van der Waals surface area (Å²) in [6.07, 6.45) is 0.674. The first-order valence-corrected chi connectivity index (χ1v) is 7.68. The van der Waals surface area contributed by atoms with Crippen LogP contribution in [-0.4, -0.2) is 9.55 Å². The number of rotatable bonds is 5. The minimum absolute atomic E-state index is 0.239. The molecule has 1 aromatic carbocycles.